The summed E-state index contributed by atoms with van der Waals surface area (Å²) in [5, 5.41) is 8.83. The maximum absolute atomic E-state index is 8.83. The van der Waals surface area contributed by atoms with Gasteiger partial charge < -0.3 is 10.6 Å². The first-order chi connectivity index (χ1) is 11.9. The van der Waals surface area contributed by atoms with Gasteiger partial charge in [0.05, 0.1) is 12.6 Å². The molecular weight excluding hydrogens is 312 g/mol. The molecule has 1 aliphatic heterocycles. The molecule has 1 saturated heterocycles. The van der Waals surface area contributed by atoms with Gasteiger partial charge in [-0.2, -0.15) is 5.26 Å². The second kappa shape index (κ2) is 9.12. The summed E-state index contributed by atoms with van der Waals surface area (Å²) in [6, 6.07) is 4.55. The molecule has 1 aromatic rings. The normalized spacial score (nSPS) is 19.6. The summed E-state index contributed by atoms with van der Waals surface area (Å²) >= 11 is 0. The molecule has 0 aliphatic carbocycles. The smallest absolute Gasteiger partial charge is 0.144 e. The zero-order chi connectivity index (χ0) is 18.3. The van der Waals surface area contributed by atoms with Crippen molar-refractivity contribution in [3.8, 4) is 6.07 Å². The summed E-state index contributed by atoms with van der Waals surface area (Å²) in [7, 11) is 2.16. The molecule has 2 heterocycles. The lowest BCUT2D eigenvalue weighted by Gasteiger charge is -2.32. The average molecular weight is 345 g/mol. The largest absolute Gasteiger partial charge is 0.384 e. The topological polar surface area (TPSA) is 82.1 Å². The fourth-order valence-corrected chi connectivity index (χ4v) is 3.66. The predicted molar refractivity (Wildman–Crippen MR) is 101 cm³/mol. The van der Waals surface area contributed by atoms with Crippen LogP contribution in [0.25, 0.3) is 0 Å². The van der Waals surface area contributed by atoms with Gasteiger partial charge in [-0.15, -0.1) is 0 Å². The van der Waals surface area contributed by atoms with E-state index in [-0.39, 0.29) is 5.41 Å². The molecule has 0 saturated carbocycles. The Bertz CT molecular complexity index is 580. The van der Waals surface area contributed by atoms with Gasteiger partial charge >= 0.3 is 0 Å². The lowest BCUT2D eigenvalue weighted by molar-refractivity contribution is 0.165. The van der Waals surface area contributed by atoms with Crippen LogP contribution in [0, 0.1) is 16.7 Å². The Hall–Kier alpha value is -1.71. The van der Waals surface area contributed by atoms with Gasteiger partial charge in [-0.1, -0.05) is 13.8 Å². The Kier molecular flexibility index (Phi) is 7.15. The highest BCUT2D eigenvalue weighted by Crippen LogP contribution is 2.26. The quantitative estimate of drug-likeness (QED) is 0.819. The molecule has 25 heavy (non-hydrogen) atoms. The second-order valence-electron chi connectivity index (χ2n) is 8.00. The third-order valence-electron chi connectivity index (χ3n) is 5.10. The van der Waals surface area contributed by atoms with Crippen LogP contribution in [-0.2, 0) is 6.54 Å². The number of hydrogen-bond acceptors (Lipinski definition) is 6. The fraction of sp³-hybridized carbons (Fsp3) is 0.737. The highest BCUT2D eigenvalue weighted by atomic mass is 15.2. The van der Waals surface area contributed by atoms with Gasteiger partial charge in [-0.05, 0) is 57.3 Å². The minimum absolute atomic E-state index is 0.205. The van der Waals surface area contributed by atoms with Crippen LogP contribution in [0.5, 0.6) is 0 Å². The number of hydrogen-bond donors (Lipinski definition) is 1. The van der Waals surface area contributed by atoms with Crippen LogP contribution in [0.4, 0.5) is 5.82 Å². The van der Waals surface area contributed by atoms with Gasteiger partial charge in [0.1, 0.15) is 11.6 Å². The van der Waals surface area contributed by atoms with Crippen LogP contribution in [0.15, 0.2) is 12.3 Å². The highest BCUT2D eigenvalue weighted by Gasteiger charge is 2.25. The third-order valence-corrected chi connectivity index (χ3v) is 5.10. The summed E-state index contributed by atoms with van der Waals surface area (Å²) in [6.45, 7) is 8.62. The summed E-state index contributed by atoms with van der Waals surface area (Å²) in [5.41, 5.74) is 5.96. The van der Waals surface area contributed by atoms with Gasteiger partial charge in [0.25, 0.3) is 0 Å². The molecule has 1 fully saturated rings. The van der Waals surface area contributed by atoms with Crippen LogP contribution in [0.1, 0.15) is 51.8 Å². The van der Waals surface area contributed by atoms with Crippen LogP contribution < -0.4 is 5.73 Å². The maximum atomic E-state index is 8.83. The number of anilines is 1. The van der Waals surface area contributed by atoms with E-state index in [1.807, 2.05) is 0 Å². The molecular formula is C19H32N6. The number of likely N-dealkylation sites (tertiary alicyclic amines) is 1. The van der Waals surface area contributed by atoms with Crippen molar-refractivity contribution in [1.29, 1.82) is 5.26 Å². The van der Waals surface area contributed by atoms with E-state index in [1.165, 1.54) is 12.8 Å². The number of nitrogens with two attached hydrogens (primary N) is 1. The molecule has 1 aliphatic rings. The molecule has 1 aromatic heterocycles. The van der Waals surface area contributed by atoms with Gasteiger partial charge in [-0.3, -0.25) is 4.90 Å². The Balaban J connectivity index is 1.85. The fourth-order valence-electron chi connectivity index (χ4n) is 3.66. The molecule has 1 atom stereocenters. The molecule has 0 amide bonds. The zero-order valence-corrected chi connectivity index (χ0v) is 15.9. The van der Waals surface area contributed by atoms with Crippen LogP contribution in [0.2, 0.25) is 0 Å². The first-order valence-corrected chi connectivity index (χ1v) is 9.26. The van der Waals surface area contributed by atoms with E-state index < -0.39 is 0 Å². The maximum Gasteiger partial charge on any atom is 0.144 e. The van der Waals surface area contributed by atoms with E-state index in [0.29, 0.717) is 18.3 Å². The first-order valence-electron chi connectivity index (χ1n) is 9.26. The zero-order valence-electron chi connectivity index (χ0n) is 15.9. The van der Waals surface area contributed by atoms with Gasteiger partial charge in [0, 0.05) is 25.2 Å². The lowest BCUT2D eigenvalue weighted by atomic mass is 9.87. The van der Waals surface area contributed by atoms with Crippen molar-refractivity contribution >= 4 is 5.82 Å². The van der Waals surface area contributed by atoms with Crippen LogP contribution >= 0.6 is 0 Å². The van der Waals surface area contributed by atoms with E-state index in [0.717, 1.165) is 44.8 Å². The standard InChI is InChI=1S/C19H32N6/c1-19(2,9-5-10-20)15-25-12-4-6-16(8-13-25)24(3)14-18-22-11-7-17(21)23-18/h7,11,16H,4-6,8-9,12-15H2,1-3H3,(H2,21,22,23). The van der Waals surface area contributed by atoms with E-state index >= 15 is 0 Å². The molecule has 2 rings (SSSR count). The molecule has 1 unspecified atom stereocenters. The van der Waals surface area contributed by atoms with Crippen molar-refractivity contribution in [2.75, 3.05) is 32.4 Å². The van der Waals surface area contributed by atoms with Gasteiger partial charge in [0.15, 0.2) is 0 Å². The average Bonchev–Trinajstić information content (AvgIpc) is 2.78. The molecule has 0 bridgehead atoms. The van der Waals surface area contributed by atoms with E-state index in [1.54, 1.807) is 12.3 Å². The monoisotopic (exact) mass is 344 g/mol. The van der Waals surface area contributed by atoms with E-state index in [4.69, 9.17) is 11.0 Å². The molecule has 138 valence electrons. The minimum atomic E-state index is 0.205. The van der Waals surface area contributed by atoms with Crippen molar-refractivity contribution in [3.63, 3.8) is 0 Å². The Morgan fingerprint density at radius 3 is 2.92 bits per heavy atom. The molecule has 2 N–H and O–H groups in total. The van der Waals surface area contributed by atoms with Gasteiger partial charge in [-0.25, -0.2) is 9.97 Å². The second-order valence-corrected chi connectivity index (χ2v) is 8.00. The van der Waals surface area contributed by atoms with Crippen molar-refractivity contribution in [2.24, 2.45) is 5.41 Å². The molecule has 6 nitrogen and oxygen atoms in total. The van der Waals surface area contributed by atoms with Crippen LogP contribution in [-0.4, -0.2) is 52.5 Å². The number of nitrogen functional groups attached to an aromatic ring is 1. The number of rotatable bonds is 7. The predicted octanol–water partition coefficient (Wildman–Crippen LogP) is 2.68. The van der Waals surface area contributed by atoms with Crippen molar-refractivity contribution < 1.29 is 0 Å². The number of aromatic nitrogens is 2. The Labute approximate surface area is 152 Å². The van der Waals surface area contributed by atoms with Crippen molar-refractivity contribution in [3.05, 3.63) is 18.1 Å². The molecule has 0 aromatic carbocycles. The summed E-state index contributed by atoms with van der Waals surface area (Å²) in [4.78, 5) is 13.6. The van der Waals surface area contributed by atoms with Crippen LogP contribution in [0.3, 0.4) is 0 Å². The Morgan fingerprint density at radius 2 is 2.20 bits per heavy atom. The first kappa shape index (κ1) is 19.6. The van der Waals surface area contributed by atoms with E-state index in [9.17, 15) is 0 Å². The van der Waals surface area contributed by atoms with Crippen molar-refractivity contribution in [2.45, 2.75) is 58.5 Å². The molecule has 0 spiro atoms. The third kappa shape index (κ3) is 6.60. The Morgan fingerprint density at radius 1 is 1.40 bits per heavy atom. The lowest BCUT2D eigenvalue weighted by Crippen LogP contribution is -2.36. The van der Waals surface area contributed by atoms with Gasteiger partial charge in [0.2, 0.25) is 0 Å². The number of nitrogens with zero attached hydrogens (tertiary/aromatic N) is 5. The van der Waals surface area contributed by atoms with E-state index in [2.05, 4.69) is 46.7 Å². The molecule has 6 heteroatoms. The molecule has 0 radical (unpaired) electrons. The summed E-state index contributed by atoms with van der Waals surface area (Å²) in [5.74, 6) is 1.33. The summed E-state index contributed by atoms with van der Waals surface area (Å²) < 4.78 is 0. The highest BCUT2D eigenvalue weighted by molar-refractivity contribution is 5.24. The summed E-state index contributed by atoms with van der Waals surface area (Å²) in [6.07, 6.45) is 6.91. The SMILES string of the molecule is CN(Cc1nccc(N)n1)C1CCCN(CC(C)(C)CCC#N)CC1. The number of nitriles is 1. The minimum Gasteiger partial charge on any atom is -0.384 e. The van der Waals surface area contributed by atoms with Crippen molar-refractivity contribution in [1.82, 2.24) is 19.8 Å².